The molecule has 0 saturated carbocycles. The molecule has 0 bridgehead atoms. The quantitative estimate of drug-likeness (QED) is 0.927. The van der Waals surface area contributed by atoms with E-state index in [1.807, 2.05) is 6.92 Å². The van der Waals surface area contributed by atoms with E-state index in [0.717, 1.165) is 5.56 Å². The van der Waals surface area contributed by atoms with Crippen molar-refractivity contribution < 1.29 is 18.6 Å². The van der Waals surface area contributed by atoms with Gasteiger partial charge in [0, 0.05) is 0 Å². The molecule has 4 heteroatoms. The highest BCUT2D eigenvalue weighted by molar-refractivity contribution is 5.45. The summed E-state index contributed by atoms with van der Waals surface area (Å²) in [6.07, 6.45) is -1.35. The SMILES string of the molecule is COc1cc(C)c(C(O)c2c(F)ccc(C)c2F)cc1C. The molecule has 0 amide bonds. The number of methoxy groups -OCH3 is 1. The second-order valence-electron chi connectivity index (χ2n) is 5.17. The van der Waals surface area contributed by atoms with Crippen molar-refractivity contribution in [1.82, 2.24) is 0 Å². The predicted octanol–water partition coefficient (Wildman–Crippen LogP) is 3.98. The lowest BCUT2D eigenvalue weighted by atomic mass is 9.93. The van der Waals surface area contributed by atoms with E-state index in [-0.39, 0.29) is 5.56 Å². The van der Waals surface area contributed by atoms with Crippen molar-refractivity contribution in [3.05, 3.63) is 63.7 Å². The molecule has 1 atom stereocenters. The Hall–Kier alpha value is -1.94. The summed E-state index contributed by atoms with van der Waals surface area (Å²) in [6, 6.07) is 5.97. The van der Waals surface area contributed by atoms with E-state index in [9.17, 15) is 13.9 Å². The lowest BCUT2D eigenvalue weighted by Crippen LogP contribution is -2.09. The fourth-order valence-electron chi connectivity index (χ4n) is 2.41. The predicted molar refractivity (Wildman–Crippen MR) is 77.6 cm³/mol. The maximum absolute atomic E-state index is 14.2. The summed E-state index contributed by atoms with van der Waals surface area (Å²) in [5.41, 5.74) is 1.96. The van der Waals surface area contributed by atoms with Gasteiger partial charge < -0.3 is 9.84 Å². The Labute approximate surface area is 123 Å². The molecule has 0 aliphatic carbocycles. The normalized spacial score (nSPS) is 12.3. The topological polar surface area (TPSA) is 29.5 Å². The monoisotopic (exact) mass is 292 g/mol. The number of benzene rings is 2. The van der Waals surface area contributed by atoms with Crippen LogP contribution >= 0.6 is 0 Å². The van der Waals surface area contributed by atoms with Crippen LogP contribution in [0.1, 0.15) is 33.9 Å². The number of aryl methyl sites for hydroxylation is 3. The molecule has 112 valence electrons. The zero-order chi connectivity index (χ0) is 15.7. The van der Waals surface area contributed by atoms with Gasteiger partial charge in [-0.1, -0.05) is 6.07 Å². The summed E-state index contributed by atoms with van der Waals surface area (Å²) in [6.45, 7) is 5.13. The minimum Gasteiger partial charge on any atom is -0.496 e. The third kappa shape index (κ3) is 2.76. The smallest absolute Gasteiger partial charge is 0.135 e. The third-order valence-electron chi connectivity index (χ3n) is 3.67. The molecule has 0 radical (unpaired) electrons. The standard InChI is InChI=1S/C17H18F2O2/c1-9-5-6-13(18)15(16(9)19)17(20)12-7-11(3)14(21-4)8-10(12)2/h5-8,17,20H,1-4H3. The van der Waals surface area contributed by atoms with Gasteiger partial charge in [0.1, 0.15) is 23.5 Å². The van der Waals surface area contributed by atoms with Gasteiger partial charge in [0.25, 0.3) is 0 Å². The molecule has 1 unspecified atom stereocenters. The molecular formula is C17H18F2O2. The van der Waals surface area contributed by atoms with Gasteiger partial charge in [0.2, 0.25) is 0 Å². The number of hydrogen-bond donors (Lipinski definition) is 1. The van der Waals surface area contributed by atoms with Crippen molar-refractivity contribution in [3.8, 4) is 5.75 Å². The van der Waals surface area contributed by atoms with Crippen LogP contribution in [0.15, 0.2) is 24.3 Å². The average molecular weight is 292 g/mol. The number of hydrogen-bond acceptors (Lipinski definition) is 2. The van der Waals surface area contributed by atoms with Crippen LogP contribution in [0.2, 0.25) is 0 Å². The Balaban J connectivity index is 2.58. The lowest BCUT2D eigenvalue weighted by molar-refractivity contribution is 0.208. The highest BCUT2D eigenvalue weighted by Gasteiger charge is 2.23. The van der Waals surface area contributed by atoms with Crippen molar-refractivity contribution >= 4 is 0 Å². The molecule has 2 aromatic rings. The second kappa shape index (κ2) is 5.82. The number of ether oxygens (including phenoxy) is 1. The largest absolute Gasteiger partial charge is 0.496 e. The Morgan fingerprint density at radius 1 is 1.00 bits per heavy atom. The molecule has 2 aromatic carbocycles. The number of aliphatic hydroxyl groups excluding tert-OH is 1. The van der Waals surface area contributed by atoms with E-state index in [1.165, 1.54) is 19.1 Å². The number of rotatable bonds is 3. The summed E-state index contributed by atoms with van der Waals surface area (Å²) in [4.78, 5) is 0. The van der Waals surface area contributed by atoms with Crippen LogP contribution < -0.4 is 4.74 Å². The van der Waals surface area contributed by atoms with E-state index < -0.39 is 17.7 Å². The molecule has 21 heavy (non-hydrogen) atoms. The van der Waals surface area contributed by atoms with Crippen LogP contribution in [-0.4, -0.2) is 12.2 Å². The van der Waals surface area contributed by atoms with Crippen molar-refractivity contribution in [2.45, 2.75) is 26.9 Å². The summed E-state index contributed by atoms with van der Waals surface area (Å²) >= 11 is 0. The number of halogens is 2. The highest BCUT2D eigenvalue weighted by atomic mass is 19.1. The molecule has 2 rings (SSSR count). The van der Waals surface area contributed by atoms with Gasteiger partial charge in [-0.3, -0.25) is 0 Å². The summed E-state index contributed by atoms with van der Waals surface area (Å²) < 4.78 is 33.3. The highest BCUT2D eigenvalue weighted by Crippen LogP contribution is 2.33. The molecule has 0 fully saturated rings. The first-order valence-corrected chi connectivity index (χ1v) is 6.64. The van der Waals surface area contributed by atoms with E-state index in [4.69, 9.17) is 4.74 Å². The zero-order valence-corrected chi connectivity index (χ0v) is 12.5. The van der Waals surface area contributed by atoms with Crippen molar-refractivity contribution in [3.63, 3.8) is 0 Å². The van der Waals surface area contributed by atoms with Crippen LogP contribution in [0.25, 0.3) is 0 Å². The van der Waals surface area contributed by atoms with Crippen molar-refractivity contribution in [2.75, 3.05) is 7.11 Å². The van der Waals surface area contributed by atoms with Gasteiger partial charge in [0.05, 0.1) is 12.7 Å². The first-order valence-electron chi connectivity index (χ1n) is 6.64. The Morgan fingerprint density at radius 3 is 2.29 bits per heavy atom. The molecule has 0 saturated heterocycles. The third-order valence-corrected chi connectivity index (χ3v) is 3.67. The van der Waals surface area contributed by atoms with E-state index in [1.54, 1.807) is 26.2 Å². The van der Waals surface area contributed by atoms with E-state index in [0.29, 0.717) is 22.4 Å². The fourth-order valence-corrected chi connectivity index (χ4v) is 2.41. The minimum atomic E-state index is -1.35. The Bertz CT molecular complexity index is 681. The van der Waals surface area contributed by atoms with E-state index in [2.05, 4.69) is 0 Å². The number of aliphatic hydroxyl groups is 1. The Kier molecular flexibility index (Phi) is 4.28. The summed E-state index contributed by atoms with van der Waals surface area (Å²) in [5.74, 6) is -0.789. The molecule has 0 spiro atoms. The molecular weight excluding hydrogens is 274 g/mol. The second-order valence-corrected chi connectivity index (χ2v) is 5.17. The van der Waals surface area contributed by atoms with Crippen LogP contribution in [0, 0.1) is 32.4 Å². The van der Waals surface area contributed by atoms with Crippen molar-refractivity contribution in [1.29, 1.82) is 0 Å². The molecule has 0 aromatic heterocycles. The van der Waals surface area contributed by atoms with Gasteiger partial charge in [-0.15, -0.1) is 0 Å². The van der Waals surface area contributed by atoms with Crippen LogP contribution in [0.5, 0.6) is 5.75 Å². The fraction of sp³-hybridized carbons (Fsp3) is 0.294. The van der Waals surface area contributed by atoms with Gasteiger partial charge in [0.15, 0.2) is 0 Å². The molecule has 0 aliphatic heterocycles. The van der Waals surface area contributed by atoms with Crippen LogP contribution in [0.4, 0.5) is 8.78 Å². The Morgan fingerprint density at radius 2 is 1.67 bits per heavy atom. The maximum Gasteiger partial charge on any atom is 0.135 e. The van der Waals surface area contributed by atoms with Gasteiger partial charge >= 0.3 is 0 Å². The first-order chi connectivity index (χ1) is 9.86. The maximum atomic E-state index is 14.2. The molecule has 0 heterocycles. The minimum absolute atomic E-state index is 0.299. The van der Waals surface area contributed by atoms with Crippen LogP contribution in [0.3, 0.4) is 0 Å². The molecule has 2 nitrogen and oxygen atoms in total. The van der Waals surface area contributed by atoms with Gasteiger partial charge in [-0.25, -0.2) is 8.78 Å². The molecule has 0 aliphatic rings. The van der Waals surface area contributed by atoms with Gasteiger partial charge in [-0.2, -0.15) is 0 Å². The lowest BCUT2D eigenvalue weighted by Gasteiger charge is -2.18. The molecule has 1 N–H and O–H groups in total. The van der Waals surface area contributed by atoms with E-state index >= 15 is 0 Å². The van der Waals surface area contributed by atoms with Crippen LogP contribution in [-0.2, 0) is 0 Å². The summed E-state index contributed by atoms with van der Waals surface area (Å²) in [7, 11) is 1.55. The van der Waals surface area contributed by atoms with Gasteiger partial charge in [-0.05, 0) is 61.2 Å². The summed E-state index contributed by atoms with van der Waals surface area (Å²) in [5, 5.41) is 10.4. The zero-order valence-electron chi connectivity index (χ0n) is 12.5. The average Bonchev–Trinajstić information content (AvgIpc) is 2.45. The van der Waals surface area contributed by atoms with Crippen molar-refractivity contribution in [2.24, 2.45) is 0 Å². The first kappa shape index (κ1) is 15.4.